The van der Waals surface area contributed by atoms with Crippen LogP contribution < -0.4 is 9.07 Å². The average molecular weight is 726 g/mol. The fourth-order valence-corrected chi connectivity index (χ4v) is 7.67. The molecule has 4 aromatic carbocycles. The number of hydrogen-bond acceptors (Lipinski definition) is 0. The summed E-state index contributed by atoms with van der Waals surface area (Å²) in [4.78, 5) is 0. The van der Waals surface area contributed by atoms with Crippen LogP contribution in [0.25, 0.3) is 16.9 Å². The van der Waals surface area contributed by atoms with Crippen LogP contribution in [-0.2, 0) is 27.3 Å². The summed E-state index contributed by atoms with van der Waals surface area (Å²) >= 11 is 1.61. The van der Waals surface area contributed by atoms with Gasteiger partial charge in [-0.3, -0.25) is 0 Å². The summed E-state index contributed by atoms with van der Waals surface area (Å²) in [7, 11) is 0. The predicted molar refractivity (Wildman–Crippen MR) is 217 cm³/mol. The Morgan fingerprint density at radius 1 is 0.471 bits per heavy atom. The molecule has 0 fully saturated rings. The SMILES string of the molecule is CCCCCCCCc1cccc(C2=C(C)C(C)=C(c3cccc(CCCCCCCC)c3)[N+]2=[N-])c1.Cc1cc[c]([Ni][c]2ccc(C)cc2)cc1. The standard InChI is InChI=1S/C34H48N2.2C7H7.Ni/c1-5-7-9-11-13-15-19-29-21-17-23-31(25-29)33-27(3)28(4)34(36(33)35)32-24-18-22-30(26-32)20-16-14-12-10-8-6-2;2*1-7-5-3-2-4-6-7;/h17-18,21-26H,5-16,19-20H2,1-4H3;2*3-6H,1H3;. The second-order valence-corrected chi connectivity index (χ2v) is 15.7. The zero-order chi connectivity index (χ0) is 36.4. The van der Waals surface area contributed by atoms with Crippen molar-refractivity contribution in [3.05, 3.63) is 147 Å². The van der Waals surface area contributed by atoms with Gasteiger partial charge in [0.15, 0.2) is 0 Å². The van der Waals surface area contributed by atoms with Gasteiger partial charge in [-0.25, -0.2) is 4.70 Å². The molecule has 2 nitrogen and oxygen atoms in total. The Balaban J connectivity index is 0.000000322. The Kier molecular flexibility index (Phi) is 17.1. The molecule has 0 aliphatic carbocycles. The number of nitrogens with zero attached hydrogens (tertiary/aromatic N) is 2. The number of aryl methyl sites for hydroxylation is 4. The topological polar surface area (TPSA) is 25.3 Å². The van der Waals surface area contributed by atoms with E-state index in [0.29, 0.717) is 0 Å². The molecular formula is C48H62N2Ni. The molecule has 4 aromatic rings. The summed E-state index contributed by atoms with van der Waals surface area (Å²) in [5, 5.41) is 0. The van der Waals surface area contributed by atoms with Crippen molar-refractivity contribution in [2.75, 3.05) is 0 Å². The Bertz CT molecular complexity index is 1600. The van der Waals surface area contributed by atoms with Gasteiger partial charge in [-0.15, -0.1) is 0 Å². The van der Waals surface area contributed by atoms with Crippen molar-refractivity contribution in [2.24, 2.45) is 0 Å². The molecule has 1 aliphatic rings. The van der Waals surface area contributed by atoms with E-state index in [1.54, 1.807) is 14.4 Å². The van der Waals surface area contributed by atoms with E-state index >= 15 is 0 Å². The van der Waals surface area contributed by atoms with E-state index in [4.69, 9.17) is 0 Å². The van der Waals surface area contributed by atoms with Gasteiger partial charge in [0.2, 0.25) is 11.4 Å². The van der Waals surface area contributed by atoms with E-state index in [2.05, 4.69) is 139 Å². The first-order valence-electron chi connectivity index (χ1n) is 19.6. The maximum atomic E-state index is 11.4. The quantitative estimate of drug-likeness (QED) is 0.0554. The van der Waals surface area contributed by atoms with Gasteiger partial charge in [-0.2, -0.15) is 0 Å². The molecule has 51 heavy (non-hydrogen) atoms. The average Bonchev–Trinajstić information content (AvgIpc) is 3.36. The maximum absolute atomic E-state index is 11.4. The molecule has 274 valence electrons. The Morgan fingerprint density at radius 2 is 0.843 bits per heavy atom. The van der Waals surface area contributed by atoms with Crippen molar-refractivity contribution in [3.8, 4) is 0 Å². The summed E-state index contributed by atoms with van der Waals surface area (Å²) in [6.45, 7) is 13.0. The minimum absolute atomic E-state index is 0.925. The zero-order valence-corrected chi connectivity index (χ0v) is 33.3. The van der Waals surface area contributed by atoms with Crippen LogP contribution in [0.2, 0.25) is 0 Å². The molecule has 0 N–H and O–H groups in total. The van der Waals surface area contributed by atoms with E-state index in [0.717, 1.165) is 46.5 Å². The monoisotopic (exact) mass is 724 g/mol. The third-order valence-corrected chi connectivity index (χ3v) is 11.1. The molecule has 0 aromatic heterocycles. The molecule has 5 rings (SSSR count). The summed E-state index contributed by atoms with van der Waals surface area (Å²) in [5.74, 6) is 0. The van der Waals surface area contributed by atoms with Gasteiger partial charge in [0, 0.05) is 22.3 Å². The van der Waals surface area contributed by atoms with Gasteiger partial charge in [0.25, 0.3) is 0 Å². The van der Waals surface area contributed by atoms with Gasteiger partial charge in [-0.1, -0.05) is 102 Å². The zero-order valence-electron chi connectivity index (χ0n) is 32.3. The normalized spacial score (nSPS) is 12.9. The summed E-state index contributed by atoms with van der Waals surface area (Å²) in [6.07, 6.45) is 18.0. The van der Waals surface area contributed by atoms with Gasteiger partial charge >= 0.3 is 97.0 Å². The van der Waals surface area contributed by atoms with Crippen molar-refractivity contribution in [3.63, 3.8) is 0 Å². The van der Waals surface area contributed by atoms with E-state index in [1.807, 2.05) is 0 Å². The molecular weight excluding hydrogens is 663 g/mol. The second kappa shape index (κ2) is 21.7. The van der Waals surface area contributed by atoms with Crippen LogP contribution in [0.3, 0.4) is 0 Å². The number of allylic oxidation sites excluding steroid dienone is 2. The van der Waals surface area contributed by atoms with Gasteiger partial charge in [0.05, 0.1) is 0 Å². The molecule has 3 heteroatoms. The number of unbranched alkanes of at least 4 members (excludes halogenated alkanes) is 10. The number of benzene rings is 4. The first-order chi connectivity index (χ1) is 24.8. The van der Waals surface area contributed by atoms with Crippen LogP contribution in [0.15, 0.2) is 108 Å². The van der Waals surface area contributed by atoms with Crippen molar-refractivity contribution in [1.29, 1.82) is 0 Å². The van der Waals surface area contributed by atoms with Crippen LogP contribution in [0, 0.1) is 13.8 Å². The Hall–Kier alpha value is -3.55. The van der Waals surface area contributed by atoms with Crippen LogP contribution in [0.4, 0.5) is 0 Å². The van der Waals surface area contributed by atoms with Gasteiger partial charge < -0.3 is 5.53 Å². The molecule has 0 saturated heterocycles. The first kappa shape index (κ1) is 40.2. The molecule has 0 saturated carbocycles. The molecule has 0 unspecified atom stereocenters. The third-order valence-electron chi connectivity index (χ3n) is 9.90. The molecule has 1 aliphatic heterocycles. The Morgan fingerprint density at radius 3 is 1.24 bits per heavy atom. The summed E-state index contributed by atoms with van der Waals surface area (Å²) in [6, 6.07) is 34.9. The molecule has 0 atom stereocenters. The van der Waals surface area contributed by atoms with Gasteiger partial charge in [0.1, 0.15) is 0 Å². The fourth-order valence-electron chi connectivity index (χ4n) is 6.69. The minimum atomic E-state index is 0.925. The predicted octanol–water partition coefficient (Wildman–Crippen LogP) is 13.0. The van der Waals surface area contributed by atoms with Crippen LogP contribution in [0.1, 0.15) is 138 Å². The van der Waals surface area contributed by atoms with E-state index in [-0.39, 0.29) is 0 Å². The van der Waals surface area contributed by atoms with Crippen molar-refractivity contribution >= 4 is 20.5 Å². The van der Waals surface area contributed by atoms with Gasteiger partial charge in [-0.05, 0) is 74.9 Å². The molecule has 0 amide bonds. The molecule has 0 bridgehead atoms. The van der Waals surface area contributed by atoms with Crippen molar-refractivity contribution in [2.45, 2.75) is 131 Å². The van der Waals surface area contributed by atoms with Crippen LogP contribution in [-0.4, -0.2) is 4.70 Å². The van der Waals surface area contributed by atoms with Crippen LogP contribution >= 0.6 is 0 Å². The molecule has 0 radical (unpaired) electrons. The van der Waals surface area contributed by atoms with Crippen LogP contribution in [0.5, 0.6) is 0 Å². The first-order valence-corrected chi connectivity index (χ1v) is 20.6. The number of rotatable bonds is 18. The van der Waals surface area contributed by atoms with Crippen molar-refractivity contribution in [1.82, 2.24) is 0 Å². The molecule has 1 heterocycles. The van der Waals surface area contributed by atoms with E-state index in [9.17, 15) is 5.53 Å². The third kappa shape index (κ3) is 12.9. The summed E-state index contributed by atoms with van der Waals surface area (Å²) in [5.41, 5.74) is 23.1. The molecule has 0 spiro atoms. The van der Waals surface area contributed by atoms with Crippen molar-refractivity contribution < 1.29 is 19.1 Å². The van der Waals surface area contributed by atoms with E-state index < -0.39 is 0 Å². The fraction of sp³-hybridized carbons (Fsp3) is 0.417. The van der Waals surface area contributed by atoms with E-state index in [1.165, 1.54) is 113 Å². The second-order valence-electron chi connectivity index (χ2n) is 14.3. The number of hydrogen-bond donors (Lipinski definition) is 0. The summed E-state index contributed by atoms with van der Waals surface area (Å²) < 4.78 is 4.08. The Labute approximate surface area is 316 Å².